The molecular formula is C14H13F2N3O. The maximum absolute atomic E-state index is 13.3. The monoisotopic (exact) mass is 277 g/mol. The molecule has 0 unspecified atom stereocenters. The van der Waals surface area contributed by atoms with E-state index in [1.807, 2.05) is 0 Å². The van der Waals surface area contributed by atoms with Crippen molar-refractivity contribution in [1.82, 2.24) is 10.3 Å². The molecule has 0 aliphatic rings. The number of nitrogens with one attached hydrogen (secondary N) is 2. The maximum Gasteiger partial charge on any atom is 0.238 e. The van der Waals surface area contributed by atoms with Gasteiger partial charge in [-0.3, -0.25) is 9.78 Å². The maximum atomic E-state index is 13.3. The van der Waals surface area contributed by atoms with E-state index in [4.69, 9.17) is 0 Å². The number of hydrogen-bond donors (Lipinski definition) is 2. The molecule has 1 heterocycles. The quantitative estimate of drug-likeness (QED) is 0.880. The Hall–Kier alpha value is -2.34. The summed E-state index contributed by atoms with van der Waals surface area (Å²) in [6.45, 7) is 0.422. The van der Waals surface area contributed by atoms with Gasteiger partial charge in [-0.1, -0.05) is 6.07 Å². The van der Waals surface area contributed by atoms with Gasteiger partial charge in [-0.2, -0.15) is 0 Å². The Kier molecular flexibility index (Phi) is 4.73. The van der Waals surface area contributed by atoms with Gasteiger partial charge in [0.1, 0.15) is 17.3 Å². The van der Waals surface area contributed by atoms with Gasteiger partial charge < -0.3 is 10.6 Å². The van der Waals surface area contributed by atoms with Gasteiger partial charge in [0.2, 0.25) is 5.91 Å². The van der Waals surface area contributed by atoms with Crippen LogP contribution in [-0.2, 0) is 11.3 Å². The first-order chi connectivity index (χ1) is 9.66. The second-order valence-corrected chi connectivity index (χ2v) is 4.10. The number of carbonyl (C=O) groups excluding carboxylic acids is 1. The molecule has 1 amide bonds. The third-order valence-corrected chi connectivity index (χ3v) is 2.59. The number of pyridine rings is 1. The molecule has 0 saturated carbocycles. The molecule has 0 spiro atoms. The molecule has 1 aromatic heterocycles. The van der Waals surface area contributed by atoms with Gasteiger partial charge in [-0.05, 0) is 29.8 Å². The smallest absolute Gasteiger partial charge is 0.238 e. The average molecular weight is 277 g/mol. The number of carbonyl (C=O) groups is 1. The van der Waals surface area contributed by atoms with E-state index in [0.29, 0.717) is 6.54 Å². The minimum absolute atomic E-state index is 0.0455. The zero-order valence-electron chi connectivity index (χ0n) is 10.6. The second-order valence-electron chi connectivity index (χ2n) is 4.10. The number of halogens is 2. The third-order valence-electron chi connectivity index (χ3n) is 2.59. The SMILES string of the molecule is O=C(CNCc1ccncc1)Nc1c(F)cccc1F. The standard InChI is InChI=1S/C14H13F2N3O/c15-11-2-1-3-12(16)14(11)19-13(20)9-18-8-10-4-6-17-7-5-10/h1-7,18H,8-9H2,(H,19,20). The molecular weight excluding hydrogens is 264 g/mol. The average Bonchev–Trinajstić information content (AvgIpc) is 2.44. The van der Waals surface area contributed by atoms with Crippen LogP contribution in [0, 0.1) is 11.6 Å². The Morgan fingerprint density at radius 1 is 1.10 bits per heavy atom. The summed E-state index contributed by atoms with van der Waals surface area (Å²) in [5.74, 6) is -2.11. The van der Waals surface area contributed by atoms with E-state index >= 15 is 0 Å². The molecule has 0 aliphatic heterocycles. The largest absolute Gasteiger partial charge is 0.320 e. The highest BCUT2D eigenvalue weighted by molar-refractivity contribution is 5.92. The van der Waals surface area contributed by atoms with Crippen molar-refractivity contribution in [2.24, 2.45) is 0 Å². The van der Waals surface area contributed by atoms with Gasteiger partial charge >= 0.3 is 0 Å². The molecule has 0 bridgehead atoms. The number of anilines is 1. The number of para-hydroxylation sites is 1. The normalized spacial score (nSPS) is 10.3. The molecule has 6 heteroatoms. The molecule has 0 atom stereocenters. The number of aromatic nitrogens is 1. The minimum Gasteiger partial charge on any atom is -0.320 e. The number of nitrogens with zero attached hydrogens (tertiary/aromatic N) is 1. The highest BCUT2D eigenvalue weighted by Crippen LogP contribution is 2.17. The van der Waals surface area contributed by atoms with Gasteiger partial charge in [0.15, 0.2) is 0 Å². The fourth-order valence-electron chi connectivity index (χ4n) is 1.62. The lowest BCUT2D eigenvalue weighted by molar-refractivity contribution is -0.115. The van der Waals surface area contributed by atoms with Crippen molar-refractivity contribution < 1.29 is 13.6 Å². The summed E-state index contributed by atoms with van der Waals surface area (Å²) in [5.41, 5.74) is 0.535. The highest BCUT2D eigenvalue weighted by atomic mass is 19.1. The Labute approximate surface area is 114 Å². The Bertz CT molecular complexity index is 570. The first-order valence-electron chi connectivity index (χ1n) is 6.00. The van der Waals surface area contributed by atoms with Crippen LogP contribution in [0.1, 0.15) is 5.56 Å². The fraction of sp³-hybridized carbons (Fsp3) is 0.143. The van der Waals surface area contributed by atoms with Crippen LogP contribution in [0.4, 0.5) is 14.5 Å². The molecule has 2 N–H and O–H groups in total. The summed E-state index contributed by atoms with van der Waals surface area (Å²) in [6, 6.07) is 7.02. The van der Waals surface area contributed by atoms with Crippen LogP contribution in [0.25, 0.3) is 0 Å². The third kappa shape index (κ3) is 3.83. The number of amides is 1. The lowest BCUT2D eigenvalue weighted by Crippen LogP contribution is -2.28. The lowest BCUT2D eigenvalue weighted by atomic mass is 10.2. The summed E-state index contributed by atoms with van der Waals surface area (Å²) in [5, 5.41) is 5.08. The van der Waals surface area contributed by atoms with Gasteiger partial charge in [-0.25, -0.2) is 8.78 Å². The van der Waals surface area contributed by atoms with Crippen LogP contribution in [0.5, 0.6) is 0 Å². The van der Waals surface area contributed by atoms with Crippen molar-refractivity contribution in [3.8, 4) is 0 Å². The van der Waals surface area contributed by atoms with Gasteiger partial charge in [0.05, 0.1) is 6.54 Å². The van der Waals surface area contributed by atoms with E-state index < -0.39 is 23.2 Å². The summed E-state index contributed by atoms with van der Waals surface area (Å²) < 4.78 is 26.6. The molecule has 0 radical (unpaired) electrons. The molecule has 104 valence electrons. The van der Waals surface area contributed by atoms with Crippen LogP contribution >= 0.6 is 0 Å². The van der Waals surface area contributed by atoms with Crippen molar-refractivity contribution in [3.63, 3.8) is 0 Å². The van der Waals surface area contributed by atoms with Crippen molar-refractivity contribution >= 4 is 11.6 Å². The molecule has 4 nitrogen and oxygen atoms in total. The summed E-state index contributed by atoms with van der Waals surface area (Å²) >= 11 is 0. The van der Waals surface area contributed by atoms with Crippen LogP contribution in [-0.4, -0.2) is 17.4 Å². The number of rotatable bonds is 5. The minimum atomic E-state index is -0.799. The Morgan fingerprint density at radius 3 is 2.40 bits per heavy atom. The fourth-order valence-corrected chi connectivity index (χ4v) is 1.62. The van der Waals surface area contributed by atoms with Gasteiger partial charge in [0, 0.05) is 18.9 Å². The van der Waals surface area contributed by atoms with E-state index in [0.717, 1.165) is 17.7 Å². The van der Waals surface area contributed by atoms with E-state index in [1.54, 1.807) is 24.5 Å². The van der Waals surface area contributed by atoms with E-state index in [1.165, 1.54) is 6.07 Å². The zero-order chi connectivity index (χ0) is 14.4. The van der Waals surface area contributed by atoms with Crippen LogP contribution in [0.2, 0.25) is 0 Å². The zero-order valence-corrected chi connectivity index (χ0v) is 10.6. The summed E-state index contributed by atoms with van der Waals surface area (Å²) in [4.78, 5) is 15.5. The van der Waals surface area contributed by atoms with Gasteiger partial charge in [0.25, 0.3) is 0 Å². The number of hydrogen-bond acceptors (Lipinski definition) is 3. The molecule has 0 saturated heterocycles. The Morgan fingerprint density at radius 2 is 1.75 bits per heavy atom. The van der Waals surface area contributed by atoms with Crippen molar-refractivity contribution in [2.75, 3.05) is 11.9 Å². The summed E-state index contributed by atoms with van der Waals surface area (Å²) in [7, 11) is 0. The van der Waals surface area contributed by atoms with Crippen molar-refractivity contribution in [1.29, 1.82) is 0 Å². The summed E-state index contributed by atoms with van der Waals surface area (Å²) in [6.07, 6.45) is 3.29. The first kappa shape index (κ1) is 14.1. The molecule has 1 aromatic carbocycles. The van der Waals surface area contributed by atoms with Crippen LogP contribution in [0.3, 0.4) is 0 Å². The predicted molar refractivity (Wildman–Crippen MR) is 70.9 cm³/mol. The molecule has 2 aromatic rings. The van der Waals surface area contributed by atoms with Crippen LogP contribution < -0.4 is 10.6 Å². The highest BCUT2D eigenvalue weighted by Gasteiger charge is 2.11. The predicted octanol–water partition coefficient (Wildman–Crippen LogP) is 2.09. The van der Waals surface area contributed by atoms with Crippen molar-refractivity contribution in [2.45, 2.75) is 6.54 Å². The first-order valence-corrected chi connectivity index (χ1v) is 6.00. The molecule has 20 heavy (non-hydrogen) atoms. The topological polar surface area (TPSA) is 54.0 Å². The van der Waals surface area contributed by atoms with E-state index in [2.05, 4.69) is 15.6 Å². The second kappa shape index (κ2) is 6.72. The van der Waals surface area contributed by atoms with Crippen molar-refractivity contribution in [3.05, 3.63) is 59.9 Å². The molecule has 0 aliphatic carbocycles. The molecule has 2 rings (SSSR count). The Balaban J connectivity index is 1.84. The number of benzene rings is 1. The molecule has 0 fully saturated rings. The lowest BCUT2D eigenvalue weighted by Gasteiger charge is -2.08. The van der Waals surface area contributed by atoms with E-state index in [9.17, 15) is 13.6 Å². The van der Waals surface area contributed by atoms with Crippen LogP contribution in [0.15, 0.2) is 42.7 Å². The van der Waals surface area contributed by atoms with Gasteiger partial charge in [-0.15, -0.1) is 0 Å². The van der Waals surface area contributed by atoms with E-state index in [-0.39, 0.29) is 6.54 Å².